The van der Waals surface area contributed by atoms with Gasteiger partial charge in [0.25, 0.3) is 10.0 Å². The van der Waals surface area contributed by atoms with Gasteiger partial charge in [-0.3, -0.25) is 13.9 Å². The van der Waals surface area contributed by atoms with Crippen molar-refractivity contribution in [1.82, 2.24) is 10.2 Å². The number of benzene rings is 3. The second-order valence-corrected chi connectivity index (χ2v) is 11.3. The third kappa shape index (κ3) is 8.00. The summed E-state index contributed by atoms with van der Waals surface area (Å²) in [4.78, 5) is 28.5. The summed E-state index contributed by atoms with van der Waals surface area (Å²) >= 11 is 0. The van der Waals surface area contributed by atoms with Crippen LogP contribution in [0.15, 0.2) is 77.7 Å². The molecule has 0 spiro atoms. The Bertz CT molecular complexity index is 1390. The lowest BCUT2D eigenvalue weighted by atomic mass is 10.1. The Kier molecular flexibility index (Phi) is 11.2. The third-order valence-electron chi connectivity index (χ3n) is 6.57. The monoisotopic (exact) mass is 581 g/mol. The number of anilines is 1. The van der Waals surface area contributed by atoms with Gasteiger partial charge in [-0.15, -0.1) is 0 Å². The van der Waals surface area contributed by atoms with Gasteiger partial charge in [0.1, 0.15) is 24.1 Å². The zero-order chi connectivity index (χ0) is 30.0. The number of rotatable bonds is 14. The quantitative estimate of drug-likeness (QED) is 0.300. The zero-order valence-electron chi connectivity index (χ0n) is 24.3. The van der Waals surface area contributed by atoms with Crippen LogP contribution in [0.1, 0.15) is 38.3 Å². The van der Waals surface area contributed by atoms with Gasteiger partial charge in [-0.05, 0) is 81.3 Å². The Labute approximate surface area is 243 Å². The number of likely N-dealkylation sites (N-methyl/N-ethyl adjacent to an activating group) is 1. The minimum Gasteiger partial charge on any atom is -0.497 e. The molecule has 9 nitrogen and oxygen atoms in total. The van der Waals surface area contributed by atoms with Gasteiger partial charge in [-0.1, -0.05) is 36.8 Å². The predicted molar refractivity (Wildman–Crippen MR) is 160 cm³/mol. The molecule has 0 unspecified atom stereocenters. The fourth-order valence-electron chi connectivity index (χ4n) is 4.38. The molecule has 1 atom stereocenters. The van der Waals surface area contributed by atoms with E-state index in [9.17, 15) is 18.0 Å². The first-order chi connectivity index (χ1) is 19.6. The molecule has 3 rings (SSSR count). The summed E-state index contributed by atoms with van der Waals surface area (Å²) in [7, 11) is -2.59. The van der Waals surface area contributed by atoms with Crippen LogP contribution in [-0.2, 0) is 26.2 Å². The number of methoxy groups -OCH3 is 1. The highest BCUT2D eigenvalue weighted by molar-refractivity contribution is 7.92. The Morgan fingerprint density at radius 1 is 0.878 bits per heavy atom. The van der Waals surface area contributed by atoms with Gasteiger partial charge < -0.3 is 19.7 Å². The smallest absolute Gasteiger partial charge is 0.264 e. The van der Waals surface area contributed by atoms with Crippen LogP contribution in [0.25, 0.3) is 0 Å². The molecule has 0 saturated heterocycles. The molecule has 0 aliphatic rings. The summed E-state index contributed by atoms with van der Waals surface area (Å²) in [5.74, 6) is 0.402. The number of hydrogen-bond acceptors (Lipinski definition) is 6. The van der Waals surface area contributed by atoms with Gasteiger partial charge in [-0.25, -0.2) is 8.42 Å². The van der Waals surface area contributed by atoms with E-state index in [1.807, 2.05) is 39.8 Å². The van der Waals surface area contributed by atoms with E-state index in [0.717, 1.165) is 15.4 Å². The molecule has 0 bridgehead atoms. The lowest BCUT2D eigenvalue weighted by Crippen LogP contribution is -2.52. The molecule has 2 amide bonds. The molecule has 10 heteroatoms. The lowest BCUT2D eigenvalue weighted by Gasteiger charge is -2.33. The van der Waals surface area contributed by atoms with Crippen molar-refractivity contribution < 1.29 is 27.5 Å². The maximum Gasteiger partial charge on any atom is 0.264 e. The van der Waals surface area contributed by atoms with Gasteiger partial charge in [0.2, 0.25) is 11.8 Å². The van der Waals surface area contributed by atoms with Crippen molar-refractivity contribution in [2.24, 2.45) is 0 Å². The van der Waals surface area contributed by atoms with Crippen molar-refractivity contribution in [3.63, 3.8) is 0 Å². The predicted octanol–water partition coefficient (Wildman–Crippen LogP) is 4.54. The molecular formula is C31H39N3O6S. The summed E-state index contributed by atoms with van der Waals surface area (Å²) in [5, 5.41) is 2.80. The van der Waals surface area contributed by atoms with E-state index in [1.54, 1.807) is 55.6 Å². The van der Waals surface area contributed by atoms with Crippen LogP contribution in [0, 0.1) is 6.92 Å². The van der Waals surface area contributed by atoms with Crippen LogP contribution in [0.5, 0.6) is 11.5 Å². The number of sulfonamides is 1. The second-order valence-electron chi connectivity index (χ2n) is 9.44. The van der Waals surface area contributed by atoms with Crippen molar-refractivity contribution in [1.29, 1.82) is 0 Å². The highest BCUT2D eigenvalue weighted by Gasteiger charge is 2.33. The van der Waals surface area contributed by atoms with Crippen LogP contribution >= 0.6 is 0 Å². The number of aryl methyl sites for hydroxylation is 1. The van der Waals surface area contributed by atoms with Crippen molar-refractivity contribution in [3.8, 4) is 11.5 Å². The topological polar surface area (TPSA) is 105 Å². The number of carbonyl (C=O) groups excluding carboxylic acids is 2. The van der Waals surface area contributed by atoms with Gasteiger partial charge in [0.05, 0.1) is 24.3 Å². The molecule has 0 aliphatic carbocycles. The molecule has 0 radical (unpaired) electrons. The number of amides is 2. The molecule has 220 valence electrons. The molecular weight excluding hydrogens is 542 g/mol. The minimum absolute atomic E-state index is 0.0202. The SMILES string of the molecule is CCNC(=O)[C@@H](CC)N(Cc1ccc(OC)cc1)C(=O)CN(c1ccc(C)cc1)S(=O)(=O)c1ccc(OCC)cc1. The average molecular weight is 582 g/mol. The summed E-state index contributed by atoms with van der Waals surface area (Å²) in [6.07, 6.45) is 0.351. The molecule has 3 aromatic carbocycles. The first-order valence-corrected chi connectivity index (χ1v) is 15.1. The highest BCUT2D eigenvalue weighted by atomic mass is 32.2. The van der Waals surface area contributed by atoms with Crippen molar-refractivity contribution in [3.05, 3.63) is 83.9 Å². The van der Waals surface area contributed by atoms with E-state index >= 15 is 0 Å². The lowest BCUT2D eigenvalue weighted by molar-refractivity contribution is -0.140. The maximum absolute atomic E-state index is 14.0. The van der Waals surface area contributed by atoms with Crippen LogP contribution in [0.4, 0.5) is 5.69 Å². The molecule has 0 saturated carbocycles. The molecule has 0 aromatic heterocycles. The highest BCUT2D eigenvalue weighted by Crippen LogP contribution is 2.27. The number of hydrogen-bond donors (Lipinski definition) is 1. The van der Waals surface area contributed by atoms with Gasteiger partial charge >= 0.3 is 0 Å². The first kappa shape index (κ1) is 31.5. The average Bonchev–Trinajstić information content (AvgIpc) is 2.97. The van der Waals surface area contributed by atoms with Crippen LogP contribution < -0.4 is 19.1 Å². The Morgan fingerprint density at radius 3 is 2.02 bits per heavy atom. The first-order valence-electron chi connectivity index (χ1n) is 13.7. The Morgan fingerprint density at radius 2 is 1.49 bits per heavy atom. The molecule has 0 fully saturated rings. The summed E-state index contributed by atoms with van der Waals surface area (Å²) in [6, 6.07) is 19.4. The van der Waals surface area contributed by atoms with Crippen molar-refractivity contribution in [2.45, 2.75) is 51.6 Å². The van der Waals surface area contributed by atoms with Crippen molar-refractivity contribution >= 4 is 27.5 Å². The Hall–Kier alpha value is -4.05. The molecule has 0 heterocycles. The fourth-order valence-corrected chi connectivity index (χ4v) is 5.79. The van der Waals surface area contributed by atoms with E-state index in [2.05, 4.69) is 5.32 Å². The van der Waals surface area contributed by atoms with E-state index in [1.165, 1.54) is 17.0 Å². The third-order valence-corrected chi connectivity index (χ3v) is 8.36. The van der Waals surface area contributed by atoms with Crippen LogP contribution in [0.3, 0.4) is 0 Å². The summed E-state index contributed by atoms with van der Waals surface area (Å²) < 4.78 is 39.7. The van der Waals surface area contributed by atoms with Crippen LogP contribution in [-0.4, -0.2) is 58.0 Å². The molecule has 41 heavy (non-hydrogen) atoms. The molecule has 3 aromatic rings. The minimum atomic E-state index is -4.16. The van der Waals surface area contributed by atoms with E-state index in [4.69, 9.17) is 9.47 Å². The summed E-state index contributed by atoms with van der Waals surface area (Å²) in [6.45, 7) is 7.84. The standard InChI is InChI=1S/C31H39N3O6S/c1-6-29(31(36)32-7-2)33(21-24-11-15-26(39-5)16-12-24)30(35)22-34(25-13-9-23(4)10-14-25)41(37,38)28-19-17-27(18-20-28)40-8-3/h9-20,29H,6-8,21-22H2,1-5H3,(H,32,36)/t29-/m1/s1. The van der Waals surface area contributed by atoms with Gasteiger partial charge in [0, 0.05) is 13.1 Å². The van der Waals surface area contributed by atoms with E-state index < -0.39 is 28.5 Å². The second kappa shape index (κ2) is 14.5. The maximum atomic E-state index is 14.0. The van der Waals surface area contributed by atoms with Gasteiger partial charge in [-0.2, -0.15) is 0 Å². The zero-order valence-corrected chi connectivity index (χ0v) is 25.1. The van der Waals surface area contributed by atoms with E-state index in [-0.39, 0.29) is 17.3 Å². The number of carbonyl (C=O) groups is 2. The van der Waals surface area contributed by atoms with E-state index in [0.29, 0.717) is 36.8 Å². The van der Waals surface area contributed by atoms with Crippen LogP contribution in [0.2, 0.25) is 0 Å². The van der Waals surface area contributed by atoms with Crippen molar-refractivity contribution in [2.75, 3.05) is 31.1 Å². The summed E-state index contributed by atoms with van der Waals surface area (Å²) in [5.41, 5.74) is 2.06. The molecule has 0 aliphatic heterocycles. The Balaban J connectivity index is 2.03. The molecule has 1 N–H and O–H groups in total. The normalized spacial score (nSPS) is 11.8. The fraction of sp³-hybridized carbons (Fsp3) is 0.355. The number of ether oxygens (including phenoxy) is 2. The number of nitrogens with one attached hydrogen (secondary N) is 1. The number of nitrogens with zero attached hydrogens (tertiary/aromatic N) is 2. The largest absolute Gasteiger partial charge is 0.497 e. The van der Waals surface area contributed by atoms with Gasteiger partial charge in [0.15, 0.2) is 0 Å².